The molecule has 0 aliphatic heterocycles. The molecule has 0 aromatic rings. The van der Waals surface area contributed by atoms with E-state index in [-0.39, 0.29) is 11.8 Å². The van der Waals surface area contributed by atoms with Gasteiger partial charge in [-0.1, -0.05) is 20.8 Å². The Morgan fingerprint density at radius 1 is 1.36 bits per heavy atom. The van der Waals surface area contributed by atoms with E-state index < -0.39 is 11.8 Å². The summed E-state index contributed by atoms with van der Waals surface area (Å²) < 4.78 is 0. The second-order valence-corrected chi connectivity index (χ2v) is 2.93. The van der Waals surface area contributed by atoms with E-state index >= 15 is 0 Å². The fourth-order valence-corrected chi connectivity index (χ4v) is 1.12. The number of Topliss-reactive ketones (excluding diaryl/α,β-unsaturated/α-hetero) is 1. The lowest BCUT2D eigenvalue weighted by Gasteiger charge is -2.14. The molecule has 0 bridgehead atoms. The molecule has 0 spiro atoms. The number of hydrogen-bond donors (Lipinski definition) is 1. The molecule has 11 heavy (non-hydrogen) atoms. The molecule has 1 atom stereocenters. The van der Waals surface area contributed by atoms with E-state index in [4.69, 9.17) is 5.11 Å². The molecule has 1 N–H and O–H groups in total. The first kappa shape index (κ1) is 10.1. The van der Waals surface area contributed by atoms with Crippen molar-refractivity contribution < 1.29 is 14.7 Å². The summed E-state index contributed by atoms with van der Waals surface area (Å²) in [5, 5.41) is 8.38. The summed E-state index contributed by atoms with van der Waals surface area (Å²) in [4.78, 5) is 21.2. The number of rotatable bonds is 4. The highest BCUT2D eigenvalue weighted by Gasteiger charge is 2.25. The van der Waals surface area contributed by atoms with Crippen LogP contribution in [0.1, 0.15) is 27.2 Å². The summed E-state index contributed by atoms with van der Waals surface area (Å²) in [6.07, 6.45) is 0.600. The van der Waals surface area contributed by atoms with Crippen LogP contribution in [0.25, 0.3) is 0 Å². The molecular formula is C8H14O3. The predicted octanol–water partition coefficient (Wildman–Crippen LogP) is 1.32. The largest absolute Gasteiger partial charge is 0.475 e. The first-order chi connectivity index (χ1) is 5.00. The van der Waals surface area contributed by atoms with Crippen molar-refractivity contribution in [1.29, 1.82) is 0 Å². The molecule has 0 fully saturated rings. The van der Waals surface area contributed by atoms with Gasteiger partial charge >= 0.3 is 5.97 Å². The Labute approximate surface area is 66.4 Å². The van der Waals surface area contributed by atoms with Crippen molar-refractivity contribution in [2.24, 2.45) is 11.8 Å². The van der Waals surface area contributed by atoms with Crippen molar-refractivity contribution >= 4 is 11.8 Å². The van der Waals surface area contributed by atoms with Crippen LogP contribution in [0.5, 0.6) is 0 Å². The normalized spacial score (nSPS) is 13.1. The van der Waals surface area contributed by atoms with Gasteiger partial charge in [0.25, 0.3) is 0 Å². The van der Waals surface area contributed by atoms with Crippen molar-refractivity contribution in [1.82, 2.24) is 0 Å². The molecule has 0 saturated carbocycles. The average Bonchev–Trinajstić information content (AvgIpc) is 1.88. The predicted molar refractivity (Wildman–Crippen MR) is 41.3 cm³/mol. The number of aliphatic carboxylic acids is 1. The Kier molecular flexibility index (Phi) is 3.79. The van der Waals surface area contributed by atoms with E-state index in [0.29, 0.717) is 6.42 Å². The number of carboxylic acid groups (broad SMARTS) is 1. The van der Waals surface area contributed by atoms with Crippen LogP contribution in [0.4, 0.5) is 0 Å². The van der Waals surface area contributed by atoms with Crippen LogP contribution in [0, 0.1) is 11.8 Å². The van der Waals surface area contributed by atoms with Crippen molar-refractivity contribution in [2.45, 2.75) is 27.2 Å². The average molecular weight is 158 g/mol. The number of ketones is 1. The summed E-state index contributed by atoms with van der Waals surface area (Å²) in [5.41, 5.74) is 0. The fourth-order valence-electron chi connectivity index (χ4n) is 1.12. The summed E-state index contributed by atoms with van der Waals surface area (Å²) >= 11 is 0. The van der Waals surface area contributed by atoms with Crippen LogP contribution >= 0.6 is 0 Å². The van der Waals surface area contributed by atoms with Gasteiger partial charge in [0.05, 0.1) is 0 Å². The summed E-state index contributed by atoms with van der Waals surface area (Å²) in [6.45, 7) is 5.54. The highest BCUT2D eigenvalue weighted by atomic mass is 16.4. The zero-order chi connectivity index (χ0) is 9.02. The Morgan fingerprint density at radius 2 is 1.82 bits per heavy atom. The smallest absolute Gasteiger partial charge is 0.372 e. The Morgan fingerprint density at radius 3 is 1.91 bits per heavy atom. The molecule has 0 amide bonds. The van der Waals surface area contributed by atoms with E-state index in [0.717, 1.165) is 0 Å². The molecule has 3 heteroatoms. The third-order valence-electron chi connectivity index (χ3n) is 1.79. The SMILES string of the molecule is CCC(C(=O)C(=O)O)C(C)C. The van der Waals surface area contributed by atoms with Crippen molar-refractivity contribution in [3.05, 3.63) is 0 Å². The maximum atomic E-state index is 10.9. The van der Waals surface area contributed by atoms with Crippen LogP contribution in [-0.4, -0.2) is 16.9 Å². The molecule has 0 radical (unpaired) electrons. The Bertz CT molecular complexity index is 161. The summed E-state index contributed by atoms with van der Waals surface area (Å²) in [6, 6.07) is 0. The van der Waals surface area contributed by atoms with Crippen molar-refractivity contribution in [3.8, 4) is 0 Å². The van der Waals surface area contributed by atoms with Crippen LogP contribution in [0.3, 0.4) is 0 Å². The molecule has 0 aliphatic carbocycles. The summed E-state index contributed by atoms with van der Waals surface area (Å²) in [5.74, 6) is -2.19. The van der Waals surface area contributed by atoms with E-state index in [2.05, 4.69) is 0 Å². The topological polar surface area (TPSA) is 54.4 Å². The van der Waals surface area contributed by atoms with Gasteiger partial charge in [-0.2, -0.15) is 0 Å². The van der Waals surface area contributed by atoms with Crippen molar-refractivity contribution in [2.75, 3.05) is 0 Å². The number of carbonyl (C=O) groups is 2. The zero-order valence-electron chi connectivity index (χ0n) is 7.13. The molecular weight excluding hydrogens is 144 g/mol. The Hall–Kier alpha value is -0.860. The highest BCUT2D eigenvalue weighted by molar-refractivity contribution is 6.33. The maximum Gasteiger partial charge on any atom is 0.372 e. The van der Waals surface area contributed by atoms with E-state index in [1.807, 2.05) is 20.8 Å². The standard InChI is InChI=1S/C8H14O3/c1-4-6(5(2)3)7(9)8(10)11/h5-6H,4H2,1-3H3,(H,10,11). The number of carbonyl (C=O) groups excluding carboxylic acids is 1. The van der Waals surface area contributed by atoms with Gasteiger partial charge in [0, 0.05) is 5.92 Å². The monoisotopic (exact) mass is 158 g/mol. The minimum atomic E-state index is -1.31. The van der Waals surface area contributed by atoms with Gasteiger partial charge in [0.2, 0.25) is 5.78 Å². The maximum absolute atomic E-state index is 10.9. The van der Waals surface area contributed by atoms with Crippen LogP contribution in [0.2, 0.25) is 0 Å². The third-order valence-corrected chi connectivity index (χ3v) is 1.79. The lowest BCUT2D eigenvalue weighted by Crippen LogP contribution is -2.26. The first-order valence-corrected chi connectivity index (χ1v) is 3.77. The molecule has 64 valence electrons. The zero-order valence-corrected chi connectivity index (χ0v) is 7.13. The van der Waals surface area contributed by atoms with Gasteiger partial charge in [0.1, 0.15) is 0 Å². The lowest BCUT2D eigenvalue weighted by atomic mass is 9.89. The van der Waals surface area contributed by atoms with E-state index in [1.165, 1.54) is 0 Å². The van der Waals surface area contributed by atoms with E-state index in [9.17, 15) is 9.59 Å². The second kappa shape index (κ2) is 4.11. The van der Waals surface area contributed by atoms with Gasteiger partial charge in [0.15, 0.2) is 0 Å². The van der Waals surface area contributed by atoms with Crippen LogP contribution < -0.4 is 0 Å². The molecule has 0 aromatic heterocycles. The molecule has 1 unspecified atom stereocenters. The molecule has 0 aromatic carbocycles. The van der Waals surface area contributed by atoms with Gasteiger partial charge in [-0.25, -0.2) is 4.79 Å². The van der Waals surface area contributed by atoms with E-state index in [1.54, 1.807) is 0 Å². The van der Waals surface area contributed by atoms with Gasteiger partial charge in [-0.15, -0.1) is 0 Å². The van der Waals surface area contributed by atoms with Crippen molar-refractivity contribution in [3.63, 3.8) is 0 Å². The quantitative estimate of drug-likeness (QED) is 0.628. The van der Waals surface area contributed by atoms with Crippen LogP contribution in [-0.2, 0) is 9.59 Å². The lowest BCUT2D eigenvalue weighted by molar-refractivity contribution is -0.151. The highest BCUT2D eigenvalue weighted by Crippen LogP contribution is 2.15. The molecule has 0 aliphatic rings. The number of carboxylic acids is 1. The first-order valence-electron chi connectivity index (χ1n) is 3.77. The Balaban J connectivity index is 4.26. The van der Waals surface area contributed by atoms with Crippen LogP contribution in [0.15, 0.2) is 0 Å². The number of hydrogen-bond acceptors (Lipinski definition) is 2. The molecule has 3 nitrogen and oxygen atoms in total. The van der Waals surface area contributed by atoms with Gasteiger partial charge in [-0.05, 0) is 12.3 Å². The molecule has 0 rings (SSSR count). The second-order valence-electron chi connectivity index (χ2n) is 2.93. The van der Waals surface area contributed by atoms with Gasteiger partial charge in [-0.3, -0.25) is 4.79 Å². The minimum absolute atomic E-state index is 0.114. The fraction of sp³-hybridized carbons (Fsp3) is 0.750. The molecule has 0 heterocycles. The minimum Gasteiger partial charge on any atom is -0.475 e. The third kappa shape index (κ3) is 2.70. The summed E-state index contributed by atoms with van der Waals surface area (Å²) in [7, 11) is 0. The van der Waals surface area contributed by atoms with Gasteiger partial charge < -0.3 is 5.11 Å². The molecule has 0 saturated heterocycles.